The molecule has 1 N–H and O–H groups in total. The topological polar surface area (TPSA) is 80.3 Å². The van der Waals surface area contributed by atoms with Crippen LogP contribution in [0.1, 0.15) is 10.4 Å². The Balaban J connectivity index is 1.35. The molecule has 1 aliphatic rings. The predicted molar refractivity (Wildman–Crippen MR) is 117 cm³/mol. The van der Waals surface area contributed by atoms with E-state index >= 15 is 0 Å². The molecule has 2 aromatic rings. The number of hydrogen-bond donors (Lipinski definition) is 1. The minimum Gasteiger partial charge on any atom is -0.497 e. The van der Waals surface area contributed by atoms with E-state index in [0.717, 1.165) is 25.4 Å². The molecule has 0 radical (unpaired) electrons. The minimum absolute atomic E-state index is 0.0156. The largest absolute Gasteiger partial charge is 0.497 e. The van der Waals surface area contributed by atoms with Gasteiger partial charge in [-0.3, -0.25) is 14.5 Å². The lowest BCUT2D eigenvalue weighted by molar-refractivity contribution is -0.135. The molecule has 0 aliphatic carbocycles. The van der Waals surface area contributed by atoms with E-state index in [0.29, 0.717) is 36.7 Å². The highest BCUT2D eigenvalue weighted by molar-refractivity contribution is 5.94. The van der Waals surface area contributed by atoms with Crippen LogP contribution in [0.25, 0.3) is 0 Å². The van der Waals surface area contributed by atoms with Crippen molar-refractivity contribution in [3.63, 3.8) is 0 Å². The number of benzene rings is 2. The van der Waals surface area contributed by atoms with Gasteiger partial charge in [-0.2, -0.15) is 0 Å². The number of carbonyl (C=O) groups excluding carboxylic acids is 2. The van der Waals surface area contributed by atoms with Crippen LogP contribution in [0.5, 0.6) is 17.2 Å². The maximum atomic E-state index is 12.5. The number of para-hydroxylation sites is 2. The average molecular weight is 428 g/mol. The molecule has 31 heavy (non-hydrogen) atoms. The Hall–Kier alpha value is -3.26. The maximum absolute atomic E-state index is 12.5. The van der Waals surface area contributed by atoms with E-state index in [-0.39, 0.29) is 18.4 Å². The van der Waals surface area contributed by atoms with Crippen molar-refractivity contribution in [3.8, 4) is 17.2 Å². The molecule has 1 aliphatic heterocycles. The van der Waals surface area contributed by atoms with Crippen LogP contribution in [-0.2, 0) is 4.79 Å². The maximum Gasteiger partial charge on any atom is 0.260 e. The third-order valence-corrected chi connectivity index (χ3v) is 5.21. The Morgan fingerprint density at radius 2 is 1.58 bits per heavy atom. The van der Waals surface area contributed by atoms with Crippen LogP contribution in [0.3, 0.4) is 0 Å². The van der Waals surface area contributed by atoms with Crippen LogP contribution in [0.2, 0.25) is 0 Å². The first kappa shape index (κ1) is 22.4. The Bertz CT molecular complexity index is 864. The first-order valence-corrected chi connectivity index (χ1v) is 10.3. The van der Waals surface area contributed by atoms with E-state index in [4.69, 9.17) is 14.2 Å². The number of rotatable bonds is 9. The highest BCUT2D eigenvalue weighted by atomic mass is 16.5. The summed E-state index contributed by atoms with van der Waals surface area (Å²) in [4.78, 5) is 28.7. The lowest BCUT2D eigenvalue weighted by atomic mass is 10.2. The SMILES string of the molecule is COc1ccc(C(=O)NCCN2CCN(C(=O)COc3ccccc3OC)CC2)cc1. The third-order valence-electron chi connectivity index (χ3n) is 5.21. The highest BCUT2D eigenvalue weighted by Gasteiger charge is 2.21. The van der Waals surface area contributed by atoms with Crippen LogP contribution in [0, 0.1) is 0 Å². The second-order valence-electron chi connectivity index (χ2n) is 7.15. The van der Waals surface area contributed by atoms with E-state index in [2.05, 4.69) is 10.2 Å². The van der Waals surface area contributed by atoms with Crippen LogP contribution >= 0.6 is 0 Å². The molecule has 1 fully saturated rings. The summed E-state index contributed by atoms with van der Waals surface area (Å²) in [5, 5.41) is 2.93. The van der Waals surface area contributed by atoms with E-state index < -0.39 is 0 Å². The summed E-state index contributed by atoms with van der Waals surface area (Å²) in [6.07, 6.45) is 0. The normalized spacial score (nSPS) is 14.1. The minimum atomic E-state index is -0.107. The van der Waals surface area contributed by atoms with Gasteiger partial charge in [0, 0.05) is 44.8 Å². The first-order valence-electron chi connectivity index (χ1n) is 10.3. The van der Waals surface area contributed by atoms with Crippen LogP contribution in [0.15, 0.2) is 48.5 Å². The van der Waals surface area contributed by atoms with Crippen molar-refractivity contribution in [2.24, 2.45) is 0 Å². The van der Waals surface area contributed by atoms with E-state index in [1.165, 1.54) is 0 Å². The van der Waals surface area contributed by atoms with Gasteiger partial charge in [0.05, 0.1) is 14.2 Å². The standard InChI is InChI=1S/C23H29N3O5/c1-29-19-9-7-18(8-10-19)23(28)24-11-12-25-13-15-26(16-14-25)22(27)17-31-21-6-4-3-5-20(21)30-2/h3-10H,11-17H2,1-2H3,(H,24,28). The molecule has 0 atom stereocenters. The lowest BCUT2D eigenvalue weighted by Gasteiger charge is -2.34. The van der Waals surface area contributed by atoms with Crippen molar-refractivity contribution in [1.82, 2.24) is 15.1 Å². The number of nitrogens with one attached hydrogen (secondary N) is 1. The molecule has 2 aromatic carbocycles. The van der Waals surface area contributed by atoms with E-state index in [1.54, 1.807) is 50.6 Å². The molecule has 0 spiro atoms. The molecule has 8 nitrogen and oxygen atoms in total. The van der Waals surface area contributed by atoms with Gasteiger partial charge < -0.3 is 24.4 Å². The Morgan fingerprint density at radius 1 is 0.903 bits per heavy atom. The summed E-state index contributed by atoms with van der Waals surface area (Å²) in [6, 6.07) is 14.3. The van der Waals surface area contributed by atoms with Crippen LogP contribution in [-0.4, -0.2) is 81.7 Å². The summed E-state index contributed by atoms with van der Waals surface area (Å²) in [5.41, 5.74) is 0.603. The predicted octanol–water partition coefficient (Wildman–Crippen LogP) is 1.66. The molecular formula is C23H29N3O5. The van der Waals surface area contributed by atoms with Crippen molar-refractivity contribution in [1.29, 1.82) is 0 Å². The highest BCUT2D eigenvalue weighted by Crippen LogP contribution is 2.25. The number of piperazine rings is 1. The molecular weight excluding hydrogens is 398 g/mol. The molecule has 0 aromatic heterocycles. The molecule has 1 heterocycles. The van der Waals surface area contributed by atoms with Gasteiger partial charge in [-0.25, -0.2) is 0 Å². The number of carbonyl (C=O) groups is 2. The molecule has 0 saturated carbocycles. The number of hydrogen-bond acceptors (Lipinski definition) is 6. The first-order chi connectivity index (χ1) is 15.1. The van der Waals surface area contributed by atoms with Crippen molar-refractivity contribution in [3.05, 3.63) is 54.1 Å². The Kier molecular flexibility index (Phi) is 8.12. The zero-order valence-electron chi connectivity index (χ0n) is 18.0. The summed E-state index contributed by atoms with van der Waals surface area (Å²) < 4.78 is 16.0. The fraction of sp³-hybridized carbons (Fsp3) is 0.391. The van der Waals surface area contributed by atoms with Gasteiger partial charge in [-0.1, -0.05) is 12.1 Å². The molecule has 1 saturated heterocycles. The Labute approximate surface area is 182 Å². The van der Waals surface area contributed by atoms with Crippen LogP contribution in [0.4, 0.5) is 0 Å². The number of ether oxygens (including phenoxy) is 3. The quantitative estimate of drug-likeness (QED) is 0.656. The smallest absolute Gasteiger partial charge is 0.260 e. The van der Waals surface area contributed by atoms with Gasteiger partial charge in [0.2, 0.25) is 0 Å². The monoisotopic (exact) mass is 427 g/mol. The van der Waals surface area contributed by atoms with Crippen molar-refractivity contribution in [2.75, 3.05) is 60.1 Å². The summed E-state index contributed by atoms with van der Waals surface area (Å²) >= 11 is 0. The molecule has 0 bridgehead atoms. The van der Waals surface area contributed by atoms with E-state index in [1.807, 2.05) is 17.0 Å². The molecule has 2 amide bonds. The number of amides is 2. The van der Waals surface area contributed by atoms with Gasteiger partial charge in [-0.15, -0.1) is 0 Å². The van der Waals surface area contributed by atoms with Crippen molar-refractivity contribution in [2.45, 2.75) is 0 Å². The number of nitrogens with zero attached hydrogens (tertiary/aromatic N) is 2. The summed E-state index contributed by atoms with van der Waals surface area (Å²) in [6.45, 7) is 4.08. The lowest BCUT2D eigenvalue weighted by Crippen LogP contribution is -2.51. The van der Waals surface area contributed by atoms with Gasteiger partial charge >= 0.3 is 0 Å². The van der Waals surface area contributed by atoms with Crippen molar-refractivity contribution < 1.29 is 23.8 Å². The summed E-state index contributed by atoms with van der Waals surface area (Å²) in [5.74, 6) is 1.74. The molecule has 0 unspecified atom stereocenters. The molecule has 3 rings (SSSR count). The van der Waals surface area contributed by atoms with Gasteiger partial charge in [0.25, 0.3) is 11.8 Å². The second kappa shape index (κ2) is 11.2. The third kappa shape index (κ3) is 6.36. The van der Waals surface area contributed by atoms with Crippen molar-refractivity contribution >= 4 is 11.8 Å². The fourth-order valence-corrected chi connectivity index (χ4v) is 3.36. The number of methoxy groups -OCH3 is 2. The zero-order valence-corrected chi connectivity index (χ0v) is 18.0. The molecule has 8 heteroatoms. The van der Waals surface area contributed by atoms with Gasteiger partial charge in [0.1, 0.15) is 5.75 Å². The van der Waals surface area contributed by atoms with Gasteiger partial charge in [-0.05, 0) is 36.4 Å². The Morgan fingerprint density at radius 3 is 2.23 bits per heavy atom. The van der Waals surface area contributed by atoms with Gasteiger partial charge in [0.15, 0.2) is 18.1 Å². The van der Waals surface area contributed by atoms with E-state index in [9.17, 15) is 9.59 Å². The zero-order chi connectivity index (χ0) is 22.1. The fourth-order valence-electron chi connectivity index (χ4n) is 3.36. The second-order valence-corrected chi connectivity index (χ2v) is 7.15. The van der Waals surface area contributed by atoms with Crippen LogP contribution < -0.4 is 19.5 Å². The molecule has 166 valence electrons. The average Bonchev–Trinajstić information content (AvgIpc) is 2.83. The summed E-state index contributed by atoms with van der Waals surface area (Å²) in [7, 11) is 3.17.